The zero-order valence-electron chi connectivity index (χ0n) is 23.4. The largest absolute Gasteiger partial charge is 0.464 e. The third-order valence-electron chi connectivity index (χ3n) is 7.45. The zero-order valence-corrected chi connectivity index (χ0v) is 25.3. The van der Waals surface area contributed by atoms with E-state index in [-0.39, 0.29) is 11.1 Å². The van der Waals surface area contributed by atoms with E-state index >= 15 is 0 Å². The van der Waals surface area contributed by atoms with Gasteiger partial charge in [-0.05, 0) is 55.8 Å². The van der Waals surface area contributed by atoms with Crippen LogP contribution >= 0.6 is 11.3 Å². The molecule has 1 aromatic rings. The van der Waals surface area contributed by atoms with E-state index in [1.54, 1.807) is 5.38 Å². The average Bonchev–Trinajstić information content (AvgIpc) is 3.36. The van der Waals surface area contributed by atoms with Crippen molar-refractivity contribution in [2.75, 3.05) is 7.11 Å². The number of aliphatic hydroxyl groups excluding tert-OH is 1. The minimum absolute atomic E-state index is 0.115. The van der Waals surface area contributed by atoms with Crippen LogP contribution in [0.1, 0.15) is 69.9 Å². The fraction of sp³-hybridized carbons (Fsp3) is 0.586. The monoisotopic (exact) mass is 531 g/mol. The lowest BCUT2D eigenvalue weighted by Gasteiger charge is -2.44. The number of aliphatic hydroxyl groups is 1. The number of thiazole rings is 1. The van der Waals surface area contributed by atoms with Crippen LogP contribution in [0, 0.1) is 17.3 Å². The number of nitrogens with zero attached hydrogens (tertiary/aromatic N) is 1. The molecule has 1 heterocycles. The molecule has 0 radical (unpaired) electrons. The van der Waals surface area contributed by atoms with E-state index in [4.69, 9.17) is 4.43 Å². The van der Waals surface area contributed by atoms with Crippen molar-refractivity contribution < 1.29 is 19.1 Å². The Labute approximate surface area is 223 Å². The van der Waals surface area contributed by atoms with Crippen molar-refractivity contribution in [3.63, 3.8) is 0 Å². The molecule has 1 saturated carbocycles. The fourth-order valence-electron chi connectivity index (χ4n) is 3.57. The summed E-state index contributed by atoms with van der Waals surface area (Å²) >= 11 is 1.41. The molecule has 1 N–H and O–H groups in total. The second kappa shape index (κ2) is 12.6. The SMILES string of the molecule is C/C=C/C(O[Si](C)(C)C(C)(C)C)C(C)(C)C(O)C/C=C\[C@H]1C[C@H]1/C=C/C=C\c1nc(C(=O)OC)cs1. The zero-order chi connectivity index (χ0) is 27.1. The second-order valence-electron chi connectivity index (χ2n) is 11.7. The molecule has 1 aliphatic carbocycles. The predicted octanol–water partition coefficient (Wildman–Crippen LogP) is 7.44. The van der Waals surface area contributed by atoms with Crippen LogP contribution in [0.5, 0.6) is 0 Å². The number of methoxy groups -OCH3 is 1. The first-order valence-corrected chi connectivity index (χ1v) is 16.6. The maximum absolute atomic E-state index is 11.5. The van der Waals surface area contributed by atoms with Gasteiger partial charge >= 0.3 is 5.97 Å². The van der Waals surface area contributed by atoms with Crippen molar-refractivity contribution in [2.45, 2.75) is 84.7 Å². The normalized spacial score (nSPS) is 21.2. The van der Waals surface area contributed by atoms with E-state index in [1.165, 1.54) is 18.4 Å². The van der Waals surface area contributed by atoms with Crippen LogP contribution in [0.15, 0.2) is 47.9 Å². The van der Waals surface area contributed by atoms with Gasteiger partial charge in [0.15, 0.2) is 14.0 Å². The molecule has 0 aliphatic heterocycles. The van der Waals surface area contributed by atoms with Gasteiger partial charge in [-0.25, -0.2) is 9.78 Å². The van der Waals surface area contributed by atoms with Gasteiger partial charge < -0.3 is 14.3 Å². The van der Waals surface area contributed by atoms with Crippen LogP contribution in [0.25, 0.3) is 6.08 Å². The van der Waals surface area contributed by atoms with E-state index in [9.17, 15) is 9.90 Å². The van der Waals surface area contributed by atoms with E-state index in [2.05, 4.69) is 81.7 Å². The molecule has 36 heavy (non-hydrogen) atoms. The first-order chi connectivity index (χ1) is 16.7. The van der Waals surface area contributed by atoms with Gasteiger partial charge in [-0.15, -0.1) is 11.3 Å². The Morgan fingerprint density at radius 3 is 2.50 bits per heavy atom. The topological polar surface area (TPSA) is 68.7 Å². The van der Waals surface area contributed by atoms with Crippen LogP contribution in [0.2, 0.25) is 18.1 Å². The standard InChI is InChI=1S/C29H45NO4SSi/c1-10-14-25(34-36(8,9)28(2,3)4)29(5,6)24(31)17-13-16-22-19-21(22)15-11-12-18-26-30-23(20-35-26)27(32)33-7/h10-16,18,20-22,24-25,31H,17,19H2,1-9H3/b14-10+,15-11+,16-13-,18-12-/t21-,22+,24?,25?/m1/s1. The number of esters is 1. The van der Waals surface area contributed by atoms with Crippen molar-refractivity contribution in [1.82, 2.24) is 4.98 Å². The van der Waals surface area contributed by atoms with Crippen molar-refractivity contribution in [2.24, 2.45) is 17.3 Å². The van der Waals surface area contributed by atoms with E-state index in [0.29, 0.717) is 24.0 Å². The molecule has 2 unspecified atom stereocenters. The number of carbonyl (C=O) groups is 1. The van der Waals surface area contributed by atoms with Crippen molar-refractivity contribution in [1.29, 1.82) is 0 Å². The predicted molar refractivity (Wildman–Crippen MR) is 154 cm³/mol. The molecule has 1 fully saturated rings. The molecule has 0 amide bonds. The van der Waals surface area contributed by atoms with Crippen molar-refractivity contribution in [3.8, 4) is 0 Å². The molecule has 0 spiro atoms. The number of rotatable bonds is 12. The summed E-state index contributed by atoms with van der Waals surface area (Å²) in [7, 11) is -0.616. The molecular weight excluding hydrogens is 486 g/mol. The van der Waals surface area contributed by atoms with Gasteiger partial charge in [0.25, 0.3) is 0 Å². The number of carbonyl (C=O) groups excluding carboxylic acids is 1. The Kier molecular flexibility index (Phi) is 10.7. The highest BCUT2D eigenvalue weighted by Gasteiger charge is 2.44. The molecule has 7 heteroatoms. The Morgan fingerprint density at radius 2 is 1.89 bits per heavy atom. The number of ether oxygens (including phenoxy) is 1. The first-order valence-electron chi connectivity index (χ1n) is 12.8. The summed E-state index contributed by atoms with van der Waals surface area (Å²) in [6.07, 6.45) is 17.7. The summed E-state index contributed by atoms with van der Waals surface area (Å²) in [4.78, 5) is 15.7. The minimum atomic E-state index is -1.97. The minimum Gasteiger partial charge on any atom is -0.464 e. The second-order valence-corrected chi connectivity index (χ2v) is 17.3. The summed E-state index contributed by atoms with van der Waals surface area (Å²) in [5.41, 5.74) is -0.0590. The molecule has 0 bridgehead atoms. The van der Waals surface area contributed by atoms with E-state index in [1.807, 2.05) is 31.2 Å². The molecule has 1 aliphatic rings. The highest BCUT2D eigenvalue weighted by Crippen LogP contribution is 2.43. The number of hydrogen-bond donors (Lipinski definition) is 1. The lowest BCUT2D eigenvalue weighted by atomic mass is 9.79. The van der Waals surface area contributed by atoms with Gasteiger partial charge in [-0.3, -0.25) is 0 Å². The smallest absolute Gasteiger partial charge is 0.357 e. The Hall–Kier alpha value is -1.80. The summed E-state index contributed by atoms with van der Waals surface area (Å²) < 4.78 is 11.4. The Morgan fingerprint density at radius 1 is 1.22 bits per heavy atom. The maximum atomic E-state index is 11.5. The van der Waals surface area contributed by atoms with Crippen molar-refractivity contribution in [3.05, 3.63) is 58.6 Å². The van der Waals surface area contributed by atoms with Gasteiger partial charge in [0, 0.05) is 10.8 Å². The molecule has 2 rings (SSSR count). The van der Waals surface area contributed by atoms with Gasteiger partial charge in [0.1, 0.15) is 5.01 Å². The Bertz CT molecular complexity index is 984. The average molecular weight is 532 g/mol. The molecular formula is C29H45NO4SSi. The van der Waals surface area contributed by atoms with E-state index in [0.717, 1.165) is 11.4 Å². The van der Waals surface area contributed by atoms with Gasteiger partial charge in [-0.2, -0.15) is 0 Å². The highest BCUT2D eigenvalue weighted by atomic mass is 32.1. The third-order valence-corrected chi connectivity index (χ3v) is 12.7. The van der Waals surface area contributed by atoms with Gasteiger partial charge in [0.2, 0.25) is 0 Å². The first kappa shape index (κ1) is 30.4. The quantitative estimate of drug-likeness (QED) is 0.131. The summed E-state index contributed by atoms with van der Waals surface area (Å²) in [6.45, 7) is 17.5. The van der Waals surface area contributed by atoms with Crippen LogP contribution in [0.4, 0.5) is 0 Å². The molecule has 0 saturated heterocycles. The lowest BCUT2D eigenvalue weighted by molar-refractivity contribution is -0.0181. The number of hydrogen-bond acceptors (Lipinski definition) is 6. The summed E-state index contributed by atoms with van der Waals surface area (Å²) in [5.74, 6) is 0.629. The lowest BCUT2D eigenvalue weighted by Crippen LogP contribution is -2.50. The van der Waals surface area contributed by atoms with Gasteiger partial charge in [-0.1, -0.05) is 77.2 Å². The number of aromatic nitrogens is 1. The van der Waals surface area contributed by atoms with Gasteiger partial charge in [0.05, 0.1) is 19.3 Å². The van der Waals surface area contributed by atoms with Crippen LogP contribution in [0.3, 0.4) is 0 Å². The highest BCUT2D eigenvalue weighted by molar-refractivity contribution is 7.10. The van der Waals surface area contributed by atoms with Crippen LogP contribution < -0.4 is 0 Å². The van der Waals surface area contributed by atoms with Crippen molar-refractivity contribution >= 4 is 31.7 Å². The molecule has 4 atom stereocenters. The molecule has 0 aromatic carbocycles. The molecule has 200 valence electrons. The van der Waals surface area contributed by atoms with Crippen LogP contribution in [-0.2, 0) is 9.16 Å². The van der Waals surface area contributed by atoms with Crippen LogP contribution in [-0.4, -0.2) is 43.7 Å². The fourth-order valence-corrected chi connectivity index (χ4v) is 5.63. The van der Waals surface area contributed by atoms with E-state index < -0.39 is 25.8 Å². The molecule has 1 aromatic heterocycles. The molecule has 5 nitrogen and oxygen atoms in total. The third kappa shape index (κ3) is 8.37. The summed E-state index contributed by atoms with van der Waals surface area (Å²) in [6, 6.07) is 0. The summed E-state index contributed by atoms with van der Waals surface area (Å²) in [5, 5.41) is 13.7. The maximum Gasteiger partial charge on any atom is 0.357 e. The number of allylic oxidation sites excluding steroid dienone is 5. The Balaban J connectivity index is 1.87.